The molecule has 0 aromatic heterocycles. The van der Waals surface area contributed by atoms with E-state index in [1.165, 1.54) is 0 Å². The summed E-state index contributed by atoms with van der Waals surface area (Å²) in [5, 5.41) is 11.7. The number of carbonyl (C=O) groups excluding carboxylic acids is 1. The zero-order chi connectivity index (χ0) is 15.5. The topological polar surface area (TPSA) is 75.6 Å². The van der Waals surface area contributed by atoms with Gasteiger partial charge in [-0.2, -0.15) is 0 Å². The van der Waals surface area contributed by atoms with E-state index in [-0.39, 0.29) is 11.3 Å². The lowest BCUT2D eigenvalue weighted by Crippen LogP contribution is -2.42. The van der Waals surface area contributed by atoms with Crippen molar-refractivity contribution in [3.63, 3.8) is 0 Å². The standard InChI is InChI=1S/C16H21NO4/c1-16(2,11-6-4-3-5-7-11)10-17-14(18)12-8-9-13(21-12)15(19)20/h3-7,12-13H,8-10H2,1-2H3,(H,17,18)(H,19,20). The minimum Gasteiger partial charge on any atom is -0.479 e. The molecule has 2 atom stereocenters. The van der Waals surface area contributed by atoms with Gasteiger partial charge in [-0.3, -0.25) is 4.79 Å². The summed E-state index contributed by atoms with van der Waals surface area (Å²) in [4.78, 5) is 22.9. The molecule has 1 fully saturated rings. The van der Waals surface area contributed by atoms with Crippen LogP contribution in [0.5, 0.6) is 0 Å². The summed E-state index contributed by atoms with van der Waals surface area (Å²) in [5.74, 6) is -1.24. The molecule has 2 unspecified atom stereocenters. The van der Waals surface area contributed by atoms with Crippen LogP contribution in [0.3, 0.4) is 0 Å². The van der Waals surface area contributed by atoms with Crippen LogP contribution in [0.15, 0.2) is 30.3 Å². The van der Waals surface area contributed by atoms with Gasteiger partial charge in [-0.25, -0.2) is 4.79 Å². The van der Waals surface area contributed by atoms with Gasteiger partial charge in [0.1, 0.15) is 6.10 Å². The van der Waals surface area contributed by atoms with Crippen LogP contribution in [0, 0.1) is 0 Å². The van der Waals surface area contributed by atoms with E-state index in [0.29, 0.717) is 19.4 Å². The first-order chi connectivity index (χ1) is 9.90. The fourth-order valence-corrected chi connectivity index (χ4v) is 2.43. The van der Waals surface area contributed by atoms with Crippen molar-refractivity contribution < 1.29 is 19.4 Å². The van der Waals surface area contributed by atoms with Gasteiger partial charge >= 0.3 is 5.97 Å². The molecular formula is C16H21NO4. The van der Waals surface area contributed by atoms with Crippen molar-refractivity contribution >= 4 is 11.9 Å². The van der Waals surface area contributed by atoms with E-state index >= 15 is 0 Å². The first kappa shape index (κ1) is 15.5. The molecular weight excluding hydrogens is 270 g/mol. The zero-order valence-corrected chi connectivity index (χ0v) is 12.3. The third kappa shape index (κ3) is 3.82. The third-order valence-electron chi connectivity index (χ3n) is 3.85. The summed E-state index contributed by atoms with van der Waals surface area (Å²) < 4.78 is 5.24. The Hall–Kier alpha value is -1.88. The predicted molar refractivity (Wildman–Crippen MR) is 78.0 cm³/mol. The van der Waals surface area contributed by atoms with E-state index in [4.69, 9.17) is 9.84 Å². The molecule has 0 spiro atoms. The first-order valence-corrected chi connectivity index (χ1v) is 7.11. The molecule has 1 heterocycles. The normalized spacial score (nSPS) is 22.0. The molecule has 5 heteroatoms. The van der Waals surface area contributed by atoms with E-state index in [2.05, 4.69) is 19.2 Å². The molecule has 1 saturated heterocycles. The molecule has 2 rings (SSSR count). The van der Waals surface area contributed by atoms with E-state index in [1.54, 1.807) is 0 Å². The van der Waals surface area contributed by atoms with E-state index in [1.807, 2.05) is 30.3 Å². The molecule has 0 bridgehead atoms. The lowest BCUT2D eigenvalue weighted by Gasteiger charge is -2.26. The molecule has 0 radical (unpaired) electrons. The Morgan fingerprint density at radius 2 is 1.86 bits per heavy atom. The highest BCUT2D eigenvalue weighted by Crippen LogP contribution is 2.23. The third-order valence-corrected chi connectivity index (χ3v) is 3.85. The first-order valence-electron chi connectivity index (χ1n) is 7.11. The SMILES string of the molecule is CC(C)(CNC(=O)C1CCC(C(=O)O)O1)c1ccccc1. The summed E-state index contributed by atoms with van der Waals surface area (Å²) in [5.41, 5.74) is 0.947. The largest absolute Gasteiger partial charge is 0.479 e. The van der Waals surface area contributed by atoms with E-state index in [9.17, 15) is 9.59 Å². The molecule has 21 heavy (non-hydrogen) atoms. The van der Waals surface area contributed by atoms with Crippen molar-refractivity contribution in [2.75, 3.05) is 6.54 Å². The second-order valence-corrected chi connectivity index (χ2v) is 6.00. The number of ether oxygens (including phenoxy) is 1. The van der Waals surface area contributed by atoms with Crippen molar-refractivity contribution in [1.82, 2.24) is 5.32 Å². The molecule has 1 amide bonds. The fourth-order valence-electron chi connectivity index (χ4n) is 2.43. The Morgan fingerprint density at radius 3 is 2.43 bits per heavy atom. The number of hydrogen-bond acceptors (Lipinski definition) is 3. The van der Waals surface area contributed by atoms with Crippen molar-refractivity contribution in [1.29, 1.82) is 0 Å². The van der Waals surface area contributed by atoms with Crippen LogP contribution in [0.1, 0.15) is 32.3 Å². The Morgan fingerprint density at radius 1 is 1.24 bits per heavy atom. The number of rotatable bonds is 5. The number of amides is 1. The summed E-state index contributed by atoms with van der Waals surface area (Å²) in [6.45, 7) is 4.59. The number of benzene rings is 1. The van der Waals surface area contributed by atoms with Crippen LogP contribution in [-0.4, -0.2) is 35.7 Å². The summed E-state index contributed by atoms with van der Waals surface area (Å²) in [7, 11) is 0. The van der Waals surface area contributed by atoms with Crippen LogP contribution in [0.2, 0.25) is 0 Å². The molecule has 1 aromatic carbocycles. The number of carboxylic acid groups (broad SMARTS) is 1. The summed E-state index contributed by atoms with van der Waals surface area (Å²) >= 11 is 0. The molecule has 2 N–H and O–H groups in total. The lowest BCUT2D eigenvalue weighted by molar-refractivity contribution is -0.151. The molecule has 0 saturated carbocycles. The smallest absolute Gasteiger partial charge is 0.332 e. The monoisotopic (exact) mass is 291 g/mol. The van der Waals surface area contributed by atoms with Gasteiger partial charge in [-0.1, -0.05) is 44.2 Å². The Bertz CT molecular complexity index is 512. The molecule has 1 aliphatic heterocycles. The average Bonchev–Trinajstić information content (AvgIpc) is 2.96. The minimum atomic E-state index is -1.00. The van der Waals surface area contributed by atoms with Crippen LogP contribution in [-0.2, 0) is 19.7 Å². The average molecular weight is 291 g/mol. The molecule has 1 aliphatic rings. The highest BCUT2D eigenvalue weighted by Gasteiger charge is 2.35. The summed E-state index contributed by atoms with van der Waals surface area (Å²) in [6.07, 6.45) is -0.676. The highest BCUT2D eigenvalue weighted by atomic mass is 16.5. The van der Waals surface area contributed by atoms with Gasteiger partial charge in [0.05, 0.1) is 0 Å². The fraction of sp³-hybridized carbons (Fsp3) is 0.500. The number of nitrogens with one attached hydrogen (secondary N) is 1. The Labute approximate surface area is 124 Å². The van der Waals surface area contributed by atoms with Crippen molar-refractivity contribution in [2.45, 2.75) is 44.3 Å². The van der Waals surface area contributed by atoms with Crippen molar-refractivity contribution in [2.24, 2.45) is 0 Å². The molecule has 1 aromatic rings. The number of aliphatic carboxylic acids is 1. The maximum atomic E-state index is 12.1. The van der Waals surface area contributed by atoms with Gasteiger partial charge < -0.3 is 15.2 Å². The second kappa shape index (κ2) is 6.26. The van der Waals surface area contributed by atoms with Gasteiger partial charge in [0.25, 0.3) is 0 Å². The summed E-state index contributed by atoms with van der Waals surface area (Å²) in [6, 6.07) is 9.95. The molecule has 114 valence electrons. The van der Waals surface area contributed by atoms with E-state index in [0.717, 1.165) is 5.56 Å². The predicted octanol–water partition coefficient (Wildman–Crippen LogP) is 1.71. The van der Waals surface area contributed by atoms with Crippen LogP contribution in [0.4, 0.5) is 0 Å². The maximum absolute atomic E-state index is 12.1. The molecule has 5 nitrogen and oxygen atoms in total. The lowest BCUT2D eigenvalue weighted by atomic mass is 9.84. The van der Waals surface area contributed by atoms with Crippen LogP contribution in [0.25, 0.3) is 0 Å². The number of carboxylic acids is 1. The molecule has 0 aliphatic carbocycles. The van der Waals surface area contributed by atoms with Crippen molar-refractivity contribution in [3.8, 4) is 0 Å². The zero-order valence-electron chi connectivity index (χ0n) is 12.3. The Kier molecular flexibility index (Phi) is 4.63. The Balaban J connectivity index is 1.88. The number of carbonyl (C=O) groups is 2. The van der Waals surface area contributed by atoms with Gasteiger partial charge in [0, 0.05) is 12.0 Å². The van der Waals surface area contributed by atoms with Crippen LogP contribution >= 0.6 is 0 Å². The van der Waals surface area contributed by atoms with Crippen LogP contribution < -0.4 is 5.32 Å². The van der Waals surface area contributed by atoms with Gasteiger partial charge in [0.2, 0.25) is 5.91 Å². The van der Waals surface area contributed by atoms with Gasteiger partial charge in [-0.05, 0) is 18.4 Å². The number of hydrogen-bond donors (Lipinski definition) is 2. The minimum absolute atomic E-state index is 0.193. The highest BCUT2D eigenvalue weighted by molar-refractivity contribution is 5.82. The van der Waals surface area contributed by atoms with Crippen molar-refractivity contribution in [3.05, 3.63) is 35.9 Å². The van der Waals surface area contributed by atoms with Gasteiger partial charge in [0.15, 0.2) is 6.10 Å². The quantitative estimate of drug-likeness (QED) is 0.866. The second-order valence-electron chi connectivity index (χ2n) is 6.00. The van der Waals surface area contributed by atoms with E-state index < -0.39 is 18.2 Å². The maximum Gasteiger partial charge on any atom is 0.332 e. The van der Waals surface area contributed by atoms with Gasteiger partial charge in [-0.15, -0.1) is 0 Å².